The predicted molar refractivity (Wildman–Crippen MR) is 102 cm³/mol. The van der Waals surface area contributed by atoms with Crippen molar-refractivity contribution >= 4 is 15.9 Å². The second-order valence-electron chi connectivity index (χ2n) is 6.62. The van der Waals surface area contributed by atoms with Crippen molar-refractivity contribution in [2.75, 3.05) is 33.9 Å². The molecule has 0 atom stereocenters. The Hall–Kier alpha value is -2.52. The molecule has 1 amide bonds. The molecule has 1 fully saturated rings. The van der Waals surface area contributed by atoms with Gasteiger partial charge in [0.05, 0.1) is 30.9 Å². The number of carbonyl (C=O) groups is 1. The number of piperidine rings is 1. The molecule has 1 N–H and O–H groups in total. The zero-order chi connectivity index (χ0) is 20.1. The van der Waals surface area contributed by atoms with Crippen LogP contribution < -0.4 is 14.2 Å². The van der Waals surface area contributed by atoms with Gasteiger partial charge >= 0.3 is 0 Å². The molecule has 1 aromatic carbocycles. The monoisotopic (exact) mass is 408 g/mol. The average molecular weight is 408 g/mol. The highest BCUT2D eigenvalue weighted by molar-refractivity contribution is 7.89. The van der Waals surface area contributed by atoms with Crippen LogP contribution in [0.15, 0.2) is 46.1 Å². The summed E-state index contributed by atoms with van der Waals surface area (Å²) in [6.45, 7) is 1.50. The van der Waals surface area contributed by atoms with Gasteiger partial charge in [-0.25, -0.2) is 13.1 Å². The van der Waals surface area contributed by atoms with Gasteiger partial charge in [-0.2, -0.15) is 0 Å². The highest BCUT2D eigenvalue weighted by atomic mass is 32.2. The molecule has 152 valence electrons. The molecule has 0 unspecified atom stereocenters. The summed E-state index contributed by atoms with van der Waals surface area (Å²) in [6.07, 6.45) is 4.38. The Balaban J connectivity index is 1.55. The number of benzene rings is 1. The minimum Gasteiger partial charge on any atom is -0.493 e. The molecule has 0 saturated carbocycles. The summed E-state index contributed by atoms with van der Waals surface area (Å²) in [5.74, 6) is 0.939. The first-order chi connectivity index (χ1) is 13.4. The summed E-state index contributed by atoms with van der Waals surface area (Å²) in [5, 5.41) is 0. The van der Waals surface area contributed by atoms with Crippen LogP contribution in [0.5, 0.6) is 11.5 Å². The van der Waals surface area contributed by atoms with Crippen LogP contribution in [0.2, 0.25) is 0 Å². The van der Waals surface area contributed by atoms with Crippen molar-refractivity contribution in [3.8, 4) is 11.5 Å². The van der Waals surface area contributed by atoms with Gasteiger partial charge in [0, 0.05) is 25.7 Å². The van der Waals surface area contributed by atoms with Crippen molar-refractivity contribution in [1.29, 1.82) is 0 Å². The zero-order valence-electron chi connectivity index (χ0n) is 15.9. The van der Waals surface area contributed by atoms with E-state index in [4.69, 9.17) is 13.9 Å². The number of hydrogen-bond donors (Lipinski definition) is 1. The number of sulfonamides is 1. The third kappa shape index (κ3) is 4.48. The van der Waals surface area contributed by atoms with Crippen molar-refractivity contribution in [3.63, 3.8) is 0 Å². The van der Waals surface area contributed by atoms with Crippen LogP contribution in [0.4, 0.5) is 0 Å². The van der Waals surface area contributed by atoms with Crippen LogP contribution in [0.1, 0.15) is 23.2 Å². The Morgan fingerprint density at radius 2 is 1.89 bits per heavy atom. The number of carbonyl (C=O) groups excluding carboxylic acids is 1. The van der Waals surface area contributed by atoms with Gasteiger partial charge in [-0.05, 0) is 37.0 Å². The standard InChI is InChI=1S/C19H24N2O6S/c1-25-17-4-3-16(11-18(17)26-2)28(23,24)20-12-14-5-8-21(9-6-14)19(22)15-7-10-27-13-15/h3-4,7,10-11,13-14,20H,5-6,8-9,12H2,1-2H3. The predicted octanol–water partition coefficient (Wildman–Crippen LogP) is 2.13. The summed E-state index contributed by atoms with van der Waals surface area (Å²) in [4.78, 5) is 14.2. The fourth-order valence-electron chi connectivity index (χ4n) is 3.20. The normalized spacial score (nSPS) is 15.4. The fourth-order valence-corrected chi connectivity index (χ4v) is 4.33. The molecule has 9 heteroatoms. The molecule has 2 heterocycles. The van der Waals surface area contributed by atoms with E-state index < -0.39 is 10.0 Å². The Labute approximate surface area is 164 Å². The maximum atomic E-state index is 12.6. The van der Waals surface area contributed by atoms with E-state index in [1.807, 2.05) is 0 Å². The Morgan fingerprint density at radius 1 is 1.18 bits per heavy atom. The minimum atomic E-state index is -3.66. The lowest BCUT2D eigenvalue weighted by Crippen LogP contribution is -2.41. The lowest BCUT2D eigenvalue weighted by Gasteiger charge is -2.31. The summed E-state index contributed by atoms with van der Waals surface area (Å²) in [7, 11) is -0.708. The quantitative estimate of drug-likeness (QED) is 0.754. The molecule has 0 aliphatic carbocycles. The van der Waals surface area contributed by atoms with E-state index in [0.717, 1.165) is 12.8 Å². The van der Waals surface area contributed by atoms with Gasteiger partial charge in [0.25, 0.3) is 5.91 Å². The second-order valence-corrected chi connectivity index (χ2v) is 8.38. The summed E-state index contributed by atoms with van der Waals surface area (Å²) >= 11 is 0. The fraction of sp³-hybridized carbons (Fsp3) is 0.421. The van der Waals surface area contributed by atoms with Crippen LogP contribution in [-0.4, -0.2) is 53.1 Å². The molecule has 8 nitrogen and oxygen atoms in total. The Bertz CT molecular complexity index is 903. The molecule has 2 aromatic rings. The molecular formula is C19H24N2O6S. The minimum absolute atomic E-state index is 0.0573. The van der Waals surface area contributed by atoms with Crippen molar-refractivity contribution in [2.24, 2.45) is 5.92 Å². The third-order valence-corrected chi connectivity index (χ3v) is 6.32. The van der Waals surface area contributed by atoms with Gasteiger partial charge in [-0.1, -0.05) is 0 Å². The van der Waals surface area contributed by atoms with E-state index in [9.17, 15) is 13.2 Å². The number of likely N-dealkylation sites (tertiary alicyclic amines) is 1. The van der Waals surface area contributed by atoms with E-state index in [-0.39, 0.29) is 16.7 Å². The maximum absolute atomic E-state index is 12.6. The average Bonchev–Trinajstić information content (AvgIpc) is 3.26. The smallest absolute Gasteiger partial charge is 0.257 e. The molecule has 1 aromatic heterocycles. The Kier molecular flexibility index (Phi) is 6.25. The van der Waals surface area contributed by atoms with Crippen LogP contribution in [0, 0.1) is 5.92 Å². The number of hydrogen-bond acceptors (Lipinski definition) is 6. The van der Waals surface area contributed by atoms with Crippen LogP contribution in [0.25, 0.3) is 0 Å². The Morgan fingerprint density at radius 3 is 2.50 bits per heavy atom. The lowest BCUT2D eigenvalue weighted by atomic mass is 9.97. The van der Waals surface area contributed by atoms with Crippen LogP contribution in [0.3, 0.4) is 0 Å². The van der Waals surface area contributed by atoms with Crippen molar-refractivity contribution in [1.82, 2.24) is 9.62 Å². The van der Waals surface area contributed by atoms with Crippen molar-refractivity contribution in [2.45, 2.75) is 17.7 Å². The number of methoxy groups -OCH3 is 2. The van der Waals surface area contributed by atoms with E-state index in [1.165, 1.54) is 38.9 Å². The van der Waals surface area contributed by atoms with Crippen LogP contribution >= 0.6 is 0 Å². The molecule has 0 bridgehead atoms. The highest BCUT2D eigenvalue weighted by Crippen LogP contribution is 2.29. The number of amides is 1. The molecule has 0 radical (unpaired) electrons. The summed E-state index contributed by atoms with van der Waals surface area (Å²) < 4.78 is 43.1. The van der Waals surface area contributed by atoms with E-state index in [2.05, 4.69) is 4.72 Å². The van der Waals surface area contributed by atoms with Gasteiger partial charge < -0.3 is 18.8 Å². The van der Waals surface area contributed by atoms with Gasteiger partial charge in [0.2, 0.25) is 10.0 Å². The molecule has 1 saturated heterocycles. The molecule has 1 aliphatic heterocycles. The topological polar surface area (TPSA) is 98.1 Å². The molecule has 3 rings (SSSR count). The van der Waals surface area contributed by atoms with Gasteiger partial charge in [0.1, 0.15) is 6.26 Å². The lowest BCUT2D eigenvalue weighted by molar-refractivity contribution is 0.0691. The molecule has 28 heavy (non-hydrogen) atoms. The number of furan rings is 1. The number of rotatable bonds is 7. The highest BCUT2D eigenvalue weighted by Gasteiger charge is 2.26. The van der Waals surface area contributed by atoms with Crippen LogP contribution in [-0.2, 0) is 10.0 Å². The van der Waals surface area contributed by atoms with E-state index in [0.29, 0.717) is 36.7 Å². The number of ether oxygens (including phenoxy) is 2. The number of nitrogens with one attached hydrogen (secondary N) is 1. The third-order valence-electron chi connectivity index (χ3n) is 4.90. The number of nitrogens with zero attached hydrogens (tertiary/aromatic N) is 1. The molecular weight excluding hydrogens is 384 g/mol. The van der Waals surface area contributed by atoms with Gasteiger partial charge in [-0.3, -0.25) is 4.79 Å². The SMILES string of the molecule is COc1ccc(S(=O)(=O)NCC2CCN(C(=O)c3ccoc3)CC2)cc1OC. The van der Waals surface area contributed by atoms with Crippen molar-refractivity contribution in [3.05, 3.63) is 42.4 Å². The van der Waals surface area contributed by atoms with Crippen molar-refractivity contribution < 1.29 is 27.1 Å². The van der Waals surface area contributed by atoms with Gasteiger partial charge in [-0.15, -0.1) is 0 Å². The molecule has 1 aliphatic rings. The summed E-state index contributed by atoms with van der Waals surface area (Å²) in [6, 6.07) is 6.13. The maximum Gasteiger partial charge on any atom is 0.257 e. The van der Waals surface area contributed by atoms with Gasteiger partial charge in [0.15, 0.2) is 11.5 Å². The first kappa shape index (κ1) is 20.2. The largest absolute Gasteiger partial charge is 0.493 e. The zero-order valence-corrected chi connectivity index (χ0v) is 16.7. The molecule has 0 spiro atoms. The van der Waals surface area contributed by atoms with E-state index in [1.54, 1.807) is 17.0 Å². The van der Waals surface area contributed by atoms with E-state index >= 15 is 0 Å². The second kappa shape index (κ2) is 8.66. The first-order valence-electron chi connectivity index (χ1n) is 8.97. The summed E-state index contributed by atoms with van der Waals surface area (Å²) in [5.41, 5.74) is 0.535. The first-order valence-corrected chi connectivity index (χ1v) is 10.5.